The van der Waals surface area contributed by atoms with Crippen molar-refractivity contribution in [3.63, 3.8) is 0 Å². The van der Waals surface area contributed by atoms with Crippen molar-refractivity contribution in [3.8, 4) is 9.88 Å². The fraction of sp³-hybridized carbons (Fsp3) is 0.118. The van der Waals surface area contributed by atoms with E-state index < -0.39 is 0 Å². The second-order valence-corrected chi connectivity index (χ2v) is 7.10. The summed E-state index contributed by atoms with van der Waals surface area (Å²) in [6, 6.07) is 10.6. The van der Waals surface area contributed by atoms with Crippen LogP contribution in [0.1, 0.15) is 15.4 Å². The van der Waals surface area contributed by atoms with E-state index >= 15 is 0 Å². The van der Waals surface area contributed by atoms with Gasteiger partial charge in [0.25, 0.3) is 5.91 Å². The molecule has 0 atom stereocenters. The quantitative estimate of drug-likeness (QED) is 0.642. The van der Waals surface area contributed by atoms with E-state index in [9.17, 15) is 9.59 Å². The van der Waals surface area contributed by atoms with E-state index in [4.69, 9.17) is 0 Å². The van der Waals surface area contributed by atoms with Gasteiger partial charge >= 0.3 is 6.03 Å². The van der Waals surface area contributed by atoms with Crippen LogP contribution in [0.15, 0.2) is 41.8 Å². The minimum absolute atomic E-state index is 0.213. The van der Waals surface area contributed by atoms with E-state index in [-0.39, 0.29) is 11.9 Å². The van der Waals surface area contributed by atoms with E-state index in [2.05, 4.69) is 20.9 Å². The first-order valence-corrected chi connectivity index (χ1v) is 9.18. The summed E-state index contributed by atoms with van der Waals surface area (Å²) in [5.74, 6) is -0.213. The summed E-state index contributed by atoms with van der Waals surface area (Å²) in [6.45, 7) is 1.83. The van der Waals surface area contributed by atoms with Gasteiger partial charge in [-0.25, -0.2) is 9.78 Å². The fourth-order valence-electron chi connectivity index (χ4n) is 2.17. The summed E-state index contributed by atoms with van der Waals surface area (Å²) in [4.78, 5) is 30.1. The number of carbonyl (C=O) groups is 2. The Kier molecular flexibility index (Phi) is 5.11. The van der Waals surface area contributed by atoms with Gasteiger partial charge in [-0.1, -0.05) is 12.1 Å². The number of thiazole rings is 1. The zero-order valence-corrected chi connectivity index (χ0v) is 15.3. The van der Waals surface area contributed by atoms with E-state index in [0.29, 0.717) is 21.9 Å². The maximum Gasteiger partial charge on any atom is 0.318 e. The van der Waals surface area contributed by atoms with Gasteiger partial charge in [0.2, 0.25) is 0 Å². The lowest BCUT2D eigenvalue weighted by atomic mass is 10.2. The third-order valence-corrected chi connectivity index (χ3v) is 5.54. The van der Waals surface area contributed by atoms with Crippen LogP contribution in [-0.2, 0) is 0 Å². The van der Waals surface area contributed by atoms with Gasteiger partial charge in [-0.15, -0.1) is 22.7 Å². The molecule has 3 rings (SSSR count). The van der Waals surface area contributed by atoms with Crippen LogP contribution in [0.5, 0.6) is 0 Å². The molecule has 25 heavy (non-hydrogen) atoms. The standard InChI is InChI=1S/C17H16N4O2S2/c1-10-14(25-16(19-10)13-7-4-8-24-13)15(22)20-11-5-3-6-12(9-11)21-17(23)18-2/h3-9H,1-2H3,(H,20,22)(H2,18,21,23). The van der Waals surface area contributed by atoms with Crippen LogP contribution < -0.4 is 16.0 Å². The predicted octanol–water partition coefficient (Wildman–Crippen LogP) is 4.18. The number of hydrogen-bond acceptors (Lipinski definition) is 5. The van der Waals surface area contributed by atoms with Crippen LogP contribution in [0, 0.1) is 6.92 Å². The molecule has 0 bridgehead atoms. The monoisotopic (exact) mass is 372 g/mol. The largest absolute Gasteiger partial charge is 0.341 e. The van der Waals surface area contributed by atoms with Crippen molar-refractivity contribution in [3.05, 3.63) is 52.3 Å². The molecule has 6 nitrogen and oxygen atoms in total. The highest BCUT2D eigenvalue weighted by Gasteiger charge is 2.17. The van der Waals surface area contributed by atoms with Gasteiger partial charge < -0.3 is 16.0 Å². The summed E-state index contributed by atoms with van der Waals surface area (Å²) in [7, 11) is 1.54. The number of nitrogens with zero attached hydrogens (tertiary/aromatic N) is 1. The lowest BCUT2D eigenvalue weighted by molar-refractivity contribution is 0.103. The molecular weight excluding hydrogens is 356 g/mol. The minimum atomic E-state index is -0.317. The molecular formula is C17H16N4O2S2. The SMILES string of the molecule is CNC(=O)Nc1cccc(NC(=O)c2sc(-c3cccs3)nc2C)c1. The lowest BCUT2D eigenvalue weighted by Crippen LogP contribution is -2.24. The number of anilines is 2. The zero-order chi connectivity index (χ0) is 17.8. The van der Waals surface area contributed by atoms with Crippen LogP contribution in [0.4, 0.5) is 16.2 Å². The first-order valence-electron chi connectivity index (χ1n) is 7.48. The smallest absolute Gasteiger partial charge is 0.318 e. The molecule has 3 amide bonds. The van der Waals surface area contributed by atoms with Crippen molar-refractivity contribution in [1.29, 1.82) is 0 Å². The van der Waals surface area contributed by atoms with Crippen molar-refractivity contribution in [1.82, 2.24) is 10.3 Å². The molecule has 0 saturated carbocycles. The van der Waals surface area contributed by atoms with E-state index in [1.807, 2.05) is 24.4 Å². The number of thiophene rings is 1. The molecule has 0 aliphatic carbocycles. The molecule has 1 aromatic carbocycles. The number of amides is 3. The molecule has 0 spiro atoms. The van der Waals surface area contributed by atoms with Crippen molar-refractivity contribution in [2.24, 2.45) is 0 Å². The summed E-state index contributed by atoms with van der Waals surface area (Å²) in [5, 5.41) is 10.8. The number of aryl methyl sites for hydroxylation is 1. The Hall–Kier alpha value is -2.71. The molecule has 0 unspecified atom stereocenters. The minimum Gasteiger partial charge on any atom is -0.341 e. The Morgan fingerprint density at radius 1 is 1.08 bits per heavy atom. The van der Waals surface area contributed by atoms with Gasteiger partial charge in [-0.05, 0) is 36.6 Å². The Bertz CT molecular complexity index is 903. The van der Waals surface area contributed by atoms with Gasteiger partial charge in [0.1, 0.15) is 9.88 Å². The molecule has 2 heterocycles. The Labute approximate surface area is 152 Å². The first kappa shape index (κ1) is 17.1. The maximum absolute atomic E-state index is 12.6. The number of nitrogens with one attached hydrogen (secondary N) is 3. The van der Waals surface area contributed by atoms with Crippen molar-refractivity contribution < 1.29 is 9.59 Å². The Morgan fingerprint density at radius 3 is 2.52 bits per heavy atom. The molecule has 8 heteroatoms. The van der Waals surface area contributed by atoms with E-state index in [0.717, 1.165) is 9.88 Å². The summed E-state index contributed by atoms with van der Waals surface area (Å²) < 4.78 is 0. The van der Waals surface area contributed by atoms with Crippen molar-refractivity contribution in [2.45, 2.75) is 6.92 Å². The van der Waals surface area contributed by atoms with E-state index in [1.165, 1.54) is 11.3 Å². The molecule has 3 aromatic rings. The molecule has 0 saturated heterocycles. The Balaban J connectivity index is 1.76. The summed E-state index contributed by atoms with van der Waals surface area (Å²) in [5.41, 5.74) is 1.90. The third-order valence-electron chi connectivity index (χ3n) is 3.34. The van der Waals surface area contributed by atoms with Gasteiger partial charge in [-0.3, -0.25) is 4.79 Å². The number of hydrogen-bond donors (Lipinski definition) is 3. The van der Waals surface area contributed by atoms with Crippen molar-refractivity contribution in [2.75, 3.05) is 17.7 Å². The maximum atomic E-state index is 12.6. The number of aromatic nitrogens is 1. The normalized spacial score (nSPS) is 10.3. The average molecular weight is 372 g/mol. The van der Waals surface area contributed by atoms with Crippen LogP contribution in [0.3, 0.4) is 0 Å². The molecule has 0 aliphatic rings. The summed E-state index contributed by atoms with van der Waals surface area (Å²) in [6.07, 6.45) is 0. The number of rotatable bonds is 4. The number of carbonyl (C=O) groups excluding carboxylic acids is 2. The predicted molar refractivity (Wildman–Crippen MR) is 103 cm³/mol. The van der Waals surface area contributed by atoms with Gasteiger partial charge in [0, 0.05) is 18.4 Å². The van der Waals surface area contributed by atoms with Gasteiger partial charge in [-0.2, -0.15) is 0 Å². The van der Waals surface area contributed by atoms with Gasteiger partial charge in [0.05, 0.1) is 10.6 Å². The second kappa shape index (κ2) is 7.45. The highest BCUT2D eigenvalue weighted by molar-refractivity contribution is 7.22. The second-order valence-electron chi connectivity index (χ2n) is 5.15. The molecule has 0 fully saturated rings. The fourth-order valence-corrected chi connectivity index (χ4v) is 3.93. The zero-order valence-electron chi connectivity index (χ0n) is 13.6. The summed E-state index contributed by atoms with van der Waals surface area (Å²) >= 11 is 2.96. The van der Waals surface area contributed by atoms with Crippen LogP contribution in [-0.4, -0.2) is 24.0 Å². The van der Waals surface area contributed by atoms with Gasteiger partial charge in [0.15, 0.2) is 0 Å². The molecule has 0 radical (unpaired) electrons. The first-order chi connectivity index (χ1) is 12.1. The topological polar surface area (TPSA) is 83.1 Å². The van der Waals surface area contributed by atoms with Crippen LogP contribution in [0.2, 0.25) is 0 Å². The van der Waals surface area contributed by atoms with Crippen molar-refractivity contribution >= 4 is 46.0 Å². The molecule has 3 N–H and O–H groups in total. The van der Waals surface area contributed by atoms with E-state index in [1.54, 1.807) is 42.6 Å². The lowest BCUT2D eigenvalue weighted by Gasteiger charge is -2.08. The highest BCUT2D eigenvalue weighted by Crippen LogP contribution is 2.31. The molecule has 128 valence electrons. The highest BCUT2D eigenvalue weighted by atomic mass is 32.1. The number of urea groups is 1. The van der Waals surface area contributed by atoms with Crippen LogP contribution >= 0.6 is 22.7 Å². The average Bonchev–Trinajstić information content (AvgIpc) is 3.24. The molecule has 2 aromatic heterocycles. The molecule has 0 aliphatic heterocycles. The van der Waals surface area contributed by atoms with Crippen LogP contribution in [0.25, 0.3) is 9.88 Å². The Morgan fingerprint density at radius 2 is 1.84 bits per heavy atom. The third kappa shape index (κ3) is 4.04. The number of benzene rings is 1.